The molecule has 47 heavy (non-hydrogen) atoms. The fourth-order valence-electron chi connectivity index (χ4n) is 8.60. The Kier molecular flexibility index (Phi) is 10.3. The standard InChI is InChI=1S/C41H56O6/c1-25(2)14-11-17-29-23-40-24-30(18-12-15-26(3)4)39(9,10)47-36(40)33(34(44)28-19-20-31(42)32(43)22-28)35(45)41(37(40)46,38(29,7)8)21-13-16-27(5)6/h14-16,19-20,22,29-30,42-43H,11-13,17-18,21,23-24H2,1-10H3/t29-,30-,40-,41-/m0/s1. The summed E-state index contributed by atoms with van der Waals surface area (Å²) in [6, 6.07) is 3.86. The van der Waals surface area contributed by atoms with Crippen molar-refractivity contribution in [1.82, 2.24) is 0 Å². The van der Waals surface area contributed by atoms with Gasteiger partial charge in [-0.1, -0.05) is 48.8 Å². The maximum atomic E-state index is 15.5. The van der Waals surface area contributed by atoms with Crippen molar-refractivity contribution in [2.45, 2.75) is 126 Å². The fourth-order valence-corrected chi connectivity index (χ4v) is 8.60. The largest absolute Gasteiger partial charge is 0.504 e. The van der Waals surface area contributed by atoms with Crippen LogP contribution in [0.2, 0.25) is 0 Å². The molecule has 4 atom stereocenters. The van der Waals surface area contributed by atoms with E-state index in [2.05, 4.69) is 59.8 Å². The molecule has 0 aromatic heterocycles. The minimum absolute atomic E-state index is 0.0168. The highest BCUT2D eigenvalue weighted by Gasteiger charge is 2.74. The molecule has 2 fully saturated rings. The first-order chi connectivity index (χ1) is 21.8. The summed E-state index contributed by atoms with van der Waals surface area (Å²) >= 11 is 0. The molecule has 6 heteroatoms. The van der Waals surface area contributed by atoms with Gasteiger partial charge in [0, 0.05) is 5.56 Å². The topological polar surface area (TPSA) is 101 Å². The predicted octanol–water partition coefficient (Wildman–Crippen LogP) is 9.76. The number of benzene rings is 1. The Balaban J connectivity index is 2.03. The molecule has 1 heterocycles. The van der Waals surface area contributed by atoms with Crippen LogP contribution in [0.5, 0.6) is 11.5 Å². The molecule has 1 saturated carbocycles. The number of carbonyl (C=O) groups is 3. The summed E-state index contributed by atoms with van der Waals surface area (Å²) < 4.78 is 6.88. The van der Waals surface area contributed by atoms with Crippen LogP contribution in [0.3, 0.4) is 0 Å². The van der Waals surface area contributed by atoms with Gasteiger partial charge in [-0.3, -0.25) is 14.4 Å². The third-order valence-electron chi connectivity index (χ3n) is 11.4. The van der Waals surface area contributed by atoms with E-state index in [9.17, 15) is 15.0 Å². The lowest BCUT2D eigenvalue weighted by atomic mass is 9.38. The van der Waals surface area contributed by atoms with Crippen molar-refractivity contribution in [3.63, 3.8) is 0 Å². The molecule has 1 aromatic rings. The van der Waals surface area contributed by atoms with Crippen LogP contribution < -0.4 is 0 Å². The molecule has 2 bridgehead atoms. The maximum Gasteiger partial charge on any atom is 0.200 e. The number of fused-ring (bicyclic) bond motifs is 1. The van der Waals surface area contributed by atoms with Crippen LogP contribution in [-0.4, -0.2) is 33.2 Å². The van der Waals surface area contributed by atoms with Crippen molar-refractivity contribution < 1.29 is 29.3 Å². The predicted molar refractivity (Wildman–Crippen MR) is 187 cm³/mol. The second-order valence-electron chi connectivity index (χ2n) is 16.1. The highest BCUT2D eigenvalue weighted by atomic mass is 16.5. The average Bonchev–Trinajstić information content (AvgIpc) is 2.95. The van der Waals surface area contributed by atoms with Gasteiger partial charge in [0.2, 0.25) is 0 Å². The summed E-state index contributed by atoms with van der Waals surface area (Å²) in [7, 11) is 0. The lowest BCUT2D eigenvalue weighted by molar-refractivity contribution is -0.190. The summed E-state index contributed by atoms with van der Waals surface area (Å²) in [5.74, 6) is -1.69. The molecular weight excluding hydrogens is 588 g/mol. The van der Waals surface area contributed by atoms with Crippen LogP contribution in [0.25, 0.3) is 0 Å². The van der Waals surface area contributed by atoms with Gasteiger partial charge in [-0.25, -0.2) is 0 Å². The van der Waals surface area contributed by atoms with Gasteiger partial charge >= 0.3 is 0 Å². The Labute approximate surface area is 282 Å². The summed E-state index contributed by atoms with van der Waals surface area (Å²) in [6.07, 6.45) is 11.7. The van der Waals surface area contributed by atoms with E-state index in [1.165, 1.54) is 29.3 Å². The first-order valence-electron chi connectivity index (χ1n) is 17.3. The first-order valence-corrected chi connectivity index (χ1v) is 17.3. The number of carbonyl (C=O) groups excluding carboxylic acids is 3. The Hall–Kier alpha value is -3.41. The Morgan fingerprint density at radius 2 is 1.34 bits per heavy atom. The number of hydrogen-bond acceptors (Lipinski definition) is 6. The summed E-state index contributed by atoms with van der Waals surface area (Å²) in [5, 5.41) is 20.3. The summed E-state index contributed by atoms with van der Waals surface area (Å²) in [5.41, 5.74) is -0.456. The van der Waals surface area contributed by atoms with Gasteiger partial charge in [0.25, 0.3) is 0 Å². The SMILES string of the molecule is CC(C)=CCC[C@H]1C[C@@]23C[C@H](CCC=C(C)C)C(C)(C)[C@@](CCC=C(C)C)(C(=O)C(C(=O)c4ccc(O)c(O)c4)=C2OC1(C)C)C3=O. The zero-order valence-corrected chi connectivity index (χ0v) is 30.3. The molecule has 2 aliphatic carbocycles. The Bertz CT molecular complexity index is 1550. The smallest absolute Gasteiger partial charge is 0.200 e. The molecule has 0 amide bonds. The van der Waals surface area contributed by atoms with Crippen molar-refractivity contribution in [2.75, 3.05) is 0 Å². The van der Waals surface area contributed by atoms with E-state index < -0.39 is 39.2 Å². The quantitative estimate of drug-likeness (QED) is 0.0818. The number of ketones is 3. The lowest BCUT2D eigenvalue weighted by Gasteiger charge is -2.64. The molecule has 2 N–H and O–H groups in total. The normalized spacial score (nSPS) is 27.4. The number of phenolic OH excluding ortho intramolecular Hbond substituents is 2. The van der Waals surface area contributed by atoms with Gasteiger partial charge in [-0.05, 0) is 142 Å². The molecular formula is C41H56O6. The minimum Gasteiger partial charge on any atom is -0.504 e. The van der Waals surface area contributed by atoms with Crippen LogP contribution in [-0.2, 0) is 14.3 Å². The third-order valence-corrected chi connectivity index (χ3v) is 11.4. The van der Waals surface area contributed by atoms with Gasteiger partial charge in [0.05, 0.1) is 10.8 Å². The number of Topliss-reactive ketones (excluding diaryl/α,β-unsaturated/α-hetero) is 3. The van der Waals surface area contributed by atoms with Crippen LogP contribution >= 0.6 is 0 Å². The molecule has 6 nitrogen and oxygen atoms in total. The van der Waals surface area contributed by atoms with Crippen molar-refractivity contribution in [3.8, 4) is 11.5 Å². The van der Waals surface area contributed by atoms with Gasteiger partial charge in [0.1, 0.15) is 16.9 Å². The number of hydrogen-bond donors (Lipinski definition) is 2. The lowest BCUT2D eigenvalue weighted by Crippen LogP contribution is -2.69. The van der Waals surface area contributed by atoms with Crippen LogP contribution in [0, 0.1) is 28.1 Å². The zero-order valence-electron chi connectivity index (χ0n) is 30.3. The molecule has 0 radical (unpaired) electrons. The van der Waals surface area contributed by atoms with E-state index in [-0.39, 0.29) is 40.3 Å². The number of aromatic hydroxyl groups is 2. The molecule has 3 aliphatic rings. The number of phenols is 2. The monoisotopic (exact) mass is 644 g/mol. The number of rotatable bonds is 11. The second kappa shape index (κ2) is 13.2. The van der Waals surface area contributed by atoms with Gasteiger partial charge < -0.3 is 14.9 Å². The third kappa shape index (κ3) is 6.41. The molecule has 0 unspecified atom stereocenters. The van der Waals surface area contributed by atoms with Crippen molar-refractivity contribution in [3.05, 3.63) is 70.0 Å². The van der Waals surface area contributed by atoms with E-state index in [1.54, 1.807) is 0 Å². The molecule has 1 aromatic carbocycles. The van der Waals surface area contributed by atoms with E-state index in [1.807, 2.05) is 27.7 Å². The zero-order chi connectivity index (χ0) is 35.1. The van der Waals surface area contributed by atoms with E-state index >= 15 is 9.59 Å². The van der Waals surface area contributed by atoms with Gasteiger partial charge in [-0.2, -0.15) is 0 Å². The van der Waals surface area contributed by atoms with Crippen molar-refractivity contribution in [2.24, 2.45) is 28.1 Å². The highest BCUT2D eigenvalue weighted by Crippen LogP contribution is 2.69. The number of ether oxygens (including phenoxy) is 1. The van der Waals surface area contributed by atoms with Crippen LogP contribution in [0.1, 0.15) is 131 Å². The van der Waals surface area contributed by atoms with Crippen LogP contribution in [0.15, 0.2) is 64.5 Å². The minimum atomic E-state index is -1.43. The first kappa shape index (κ1) is 36.4. The van der Waals surface area contributed by atoms with E-state index in [4.69, 9.17) is 4.74 Å². The average molecular weight is 645 g/mol. The van der Waals surface area contributed by atoms with Crippen LogP contribution in [0.4, 0.5) is 0 Å². The molecule has 1 spiro atoms. The Morgan fingerprint density at radius 1 is 0.809 bits per heavy atom. The van der Waals surface area contributed by atoms with E-state index in [0.717, 1.165) is 31.3 Å². The maximum absolute atomic E-state index is 15.5. The van der Waals surface area contributed by atoms with Crippen molar-refractivity contribution in [1.29, 1.82) is 0 Å². The molecule has 4 rings (SSSR count). The second-order valence-corrected chi connectivity index (χ2v) is 16.1. The van der Waals surface area contributed by atoms with Gasteiger partial charge in [-0.15, -0.1) is 0 Å². The van der Waals surface area contributed by atoms with Gasteiger partial charge in [0.15, 0.2) is 28.8 Å². The summed E-state index contributed by atoms with van der Waals surface area (Å²) in [6.45, 7) is 20.5. The number of allylic oxidation sites excluding steroid dienone is 8. The van der Waals surface area contributed by atoms with E-state index in [0.29, 0.717) is 25.7 Å². The molecule has 256 valence electrons. The highest BCUT2D eigenvalue weighted by molar-refractivity contribution is 6.35. The molecule has 1 saturated heterocycles. The Morgan fingerprint density at radius 3 is 1.89 bits per heavy atom. The summed E-state index contributed by atoms with van der Waals surface area (Å²) in [4.78, 5) is 45.4. The van der Waals surface area contributed by atoms with Crippen molar-refractivity contribution >= 4 is 17.3 Å². The fraction of sp³-hybridized carbons (Fsp3) is 0.585. The molecule has 1 aliphatic heterocycles.